The van der Waals surface area contributed by atoms with Gasteiger partial charge in [0.2, 0.25) is 6.29 Å². The fraction of sp³-hybridized carbons (Fsp3) is 0.200. The predicted molar refractivity (Wildman–Crippen MR) is 127 cm³/mol. The van der Waals surface area contributed by atoms with Gasteiger partial charge in [0.25, 0.3) is 5.91 Å². The average Bonchev–Trinajstić information content (AvgIpc) is 3.03. The van der Waals surface area contributed by atoms with E-state index in [-0.39, 0.29) is 12.5 Å². The van der Waals surface area contributed by atoms with E-state index in [1.54, 1.807) is 31.2 Å². The first-order valence-corrected chi connectivity index (χ1v) is 11.6. The maximum absolute atomic E-state index is 13.4. The average molecular weight is 528 g/mol. The summed E-state index contributed by atoms with van der Waals surface area (Å²) in [6, 6.07) is 19.9. The summed E-state index contributed by atoms with van der Waals surface area (Å²) in [6.07, 6.45) is -0.574. The van der Waals surface area contributed by atoms with E-state index in [4.69, 9.17) is 21.1 Å². The SMILES string of the molecule is C[C@@]1(c2ccccc2Cl)NC(=O)N(Cc2cc(Br)cc3c2O[C@H](c2ccccc2)OC3)C1=O. The Morgan fingerprint density at radius 1 is 1.12 bits per heavy atom. The number of halogens is 2. The molecule has 33 heavy (non-hydrogen) atoms. The number of hydrogen-bond donors (Lipinski definition) is 1. The van der Waals surface area contributed by atoms with E-state index in [9.17, 15) is 9.59 Å². The van der Waals surface area contributed by atoms with Gasteiger partial charge in [0.1, 0.15) is 11.3 Å². The topological polar surface area (TPSA) is 67.9 Å². The van der Waals surface area contributed by atoms with Gasteiger partial charge in [-0.15, -0.1) is 0 Å². The summed E-state index contributed by atoms with van der Waals surface area (Å²) in [4.78, 5) is 27.5. The first-order valence-electron chi connectivity index (χ1n) is 10.4. The third-order valence-electron chi connectivity index (χ3n) is 5.91. The second-order valence-electron chi connectivity index (χ2n) is 8.15. The van der Waals surface area contributed by atoms with Gasteiger partial charge in [0.15, 0.2) is 0 Å². The molecule has 0 radical (unpaired) electrons. The number of hydrogen-bond acceptors (Lipinski definition) is 4. The van der Waals surface area contributed by atoms with E-state index in [1.807, 2.05) is 42.5 Å². The quantitative estimate of drug-likeness (QED) is 0.444. The van der Waals surface area contributed by atoms with Gasteiger partial charge in [-0.1, -0.05) is 76.1 Å². The van der Waals surface area contributed by atoms with E-state index in [1.165, 1.54) is 4.90 Å². The summed E-state index contributed by atoms with van der Waals surface area (Å²) in [5.41, 5.74) is 1.73. The zero-order chi connectivity index (χ0) is 23.2. The van der Waals surface area contributed by atoms with Crippen molar-refractivity contribution >= 4 is 39.5 Å². The molecule has 3 aromatic rings. The van der Waals surface area contributed by atoms with Crippen LogP contribution in [0.25, 0.3) is 0 Å². The number of benzene rings is 3. The molecule has 5 rings (SSSR count). The van der Waals surface area contributed by atoms with Crippen LogP contribution in [0.4, 0.5) is 4.79 Å². The first kappa shape index (κ1) is 21.9. The van der Waals surface area contributed by atoms with Gasteiger partial charge in [-0.25, -0.2) is 4.79 Å². The number of carbonyl (C=O) groups is 2. The summed E-state index contributed by atoms with van der Waals surface area (Å²) in [5, 5.41) is 3.23. The van der Waals surface area contributed by atoms with Gasteiger partial charge < -0.3 is 14.8 Å². The molecule has 3 amide bonds. The van der Waals surface area contributed by atoms with Gasteiger partial charge in [0.05, 0.1) is 13.2 Å². The minimum atomic E-state index is -1.25. The Kier molecular flexibility index (Phi) is 5.64. The molecule has 1 fully saturated rings. The van der Waals surface area contributed by atoms with Crippen molar-refractivity contribution in [3.63, 3.8) is 0 Å². The number of nitrogens with zero attached hydrogens (tertiary/aromatic N) is 1. The van der Waals surface area contributed by atoms with Gasteiger partial charge in [-0.3, -0.25) is 9.69 Å². The lowest BCUT2D eigenvalue weighted by molar-refractivity contribution is -0.131. The van der Waals surface area contributed by atoms with E-state index < -0.39 is 17.9 Å². The van der Waals surface area contributed by atoms with Crippen molar-refractivity contribution in [3.8, 4) is 5.75 Å². The van der Waals surface area contributed by atoms with Crippen LogP contribution in [-0.4, -0.2) is 16.8 Å². The van der Waals surface area contributed by atoms with Crippen molar-refractivity contribution in [2.45, 2.75) is 31.9 Å². The van der Waals surface area contributed by atoms with Crippen molar-refractivity contribution in [1.29, 1.82) is 0 Å². The molecule has 8 heteroatoms. The molecule has 2 heterocycles. The Bertz CT molecular complexity index is 1250. The third-order valence-corrected chi connectivity index (χ3v) is 6.70. The standard InChI is InChI=1S/C25H20BrClN2O4/c1-25(19-9-5-6-10-20(19)27)23(30)29(24(31)28-25)13-16-11-18(26)12-17-14-32-22(33-21(16)17)15-7-3-2-4-8-15/h2-12,22H,13-14H2,1H3,(H,28,31)/t22-,25+/m1/s1. The molecule has 1 N–H and O–H groups in total. The van der Waals surface area contributed by atoms with Crippen LogP contribution in [0.2, 0.25) is 5.02 Å². The van der Waals surface area contributed by atoms with Crippen LogP contribution in [0.5, 0.6) is 5.75 Å². The monoisotopic (exact) mass is 526 g/mol. The van der Waals surface area contributed by atoms with Crippen LogP contribution in [0.3, 0.4) is 0 Å². The molecule has 0 aliphatic carbocycles. The number of urea groups is 1. The lowest BCUT2D eigenvalue weighted by Gasteiger charge is -2.29. The largest absolute Gasteiger partial charge is 0.460 e. The summed E-state index contributed by atoms with van der Waals surface area (Å²) >= 11 is 9.86. The van der Waals surface area contributed by atoms with Crippen LogP contribution in [0, 0.1) is 0 Å². The Labute approximate surface area is 204 Å². The summed E-state index contributed by atoms with van der Waals surface area (Å²) in [7, 11) is 0. The number of fused-ring (bicyclic) bond motifs is 1. The fourth-order valence-electron chi connectivity index (χ4n) is 4.23. The number of rotatable bonds is 4. The molecule has 6 nitrogen and oxygen atoms in total. The van der Waals surface area contributed by atoms with Crippen molar-refractivity contribution in [3.05, 3.63) is 98.5 Å². The maximum Gasteiger partial charge on any atom is 0.325 e. The molecule has 0 bridgehead atoms. The zero-order valence-electron chi connectivity index (χ0n) is 17.7. The molecule has 2 aliphatic rings. The minimum absolute atomic E-state index is 0.0496. The lowest BCUT2D eigenvalue weighted by Crippen LogP contribution is -2.41. The molecule has 0 unspecified atom stereocenters. The molecule has 2 atom stereocenters. The van der Waals surface area contributed by atoms with E-state index in [0.29, 0.717) is 28.5 Å². The minimum Gasteiger partial charge on any atom is -0.460 e. The van der Waals surface area contributed by atoms with Gasteiger partial charge in [-0.2, -0.15) is 0 Å². The molecule has 0 aromatic heterocycles. The highest BCUT2D eigenvalue weighted by molar-refractivity contribution is 9.10. The van der Waals surface area contributed by atoms with Crippen molar-refractivity contribution in [1.82, 2.24) is 10.2 Å². The molecule has 3 aromatic carbocycles. The van der Waals surface area contributed by atoms with E-state index >= 15 is 0 Å². The first-order chi connectivity index (χ1) is 15.9. The second-order valence-corrected chi connectivity index (χ2v) is 9.47. The molecular formula is C25H20BrClN2O4. The Morgan fingerprint density at radius 3 is 2.61 bits per heavy atom. The highest BCUT2D eigenvalue weighted by atomic mass is 79.9. The Balaban J connectivity index is 1.47. The zero-order valence-corrected chi connectivity index (χ0v) is 20.0. The van der Waals surface area contributed by atoms with Crippen LogP contribution < -0.4 is 10.1 Å². The predicted octanol–water partition coefficient (Wildman–Crippen LogP) is 5.68. The van der Waals surface area contributed by atoms with Crippen molar-refractivity contribution in [2.75, 3.05) is 0 Å². The molecule has 168 valence electrons. The van der Waals surface area contributed by atoms with Gasteiger partial charge in [-0.05, 0) is 25.1 Å². The van der Waals surface area contributed by atoms with E-state index in [2.05, 4.69) is 21.2 Å². The second kappa shape index (κ2) is 8.48. The van der Waals surface area contributed by atoms with Gasteiger partial charge >= 0.3 is 6.03 Å². The van der Waals surface area contributed by atoms with Crippen LogP contribution in [0.15, 0.2) is 71.2 Å². The highest BCUT2D eigenvalue weighted by Crippen LogP contribution is 2.40. The Morgan fingerprint density at radius 2 is 1.85 bits per heavy atom. The van der Waals surface area contributed by atoms with E-state index in [0.717, 1.165) is 15.6 Å². The molecule has 0 saturated carbocycles. The normalized spacial score (nSPS) is 22.0. The summed E-state index contributed by atoms with van der Waals surface area (Å²) in [6.45, 7) is 2.06. The summed E-state index contributed by atoms with van der Waals surface area (Å²) < 4.78 is 12.9. The van der Waals surface area contributed by atoms with Crippen molar-refractivity contribution in [2.24, 2.45) is 0 Å². The van der Waals surface area contributed by atoms with Crippen LogP contribution in [0.1, 0.15) is 35.5 Å². The fourth-order valence-corrected chi connectivity index (χ4v) is 5.11. The van der Waals surface area contributed by atoms with Crippen molar-refractivity contribution < 1.29 is 19.1 Å². The van der Waals surface area contributed by atoms with Crippen LogP contribution >= 0.6 is 27.5 Å². The van der Waals surface area contributed by atoms with Crippen LogP contribution in [-0.2, 0) is 28.2 Å². The molecule has 1 saturated heterocycles. The third kappa shape index (κ3) is 3.90. The number of nitrogens with one attached hydrogen (secondary N) is 1. The molecule has 0 spiro atoms. The highest BCUT2D eigenvalue weighted by Gasteiger charge is 2.50. The number of imide groups is 1. The Hall–Kier alpha value is -2.87. The summed E-state index contributed by atoms with van der Waals surface area (Å²) in [5.74, 6) is 0.242. The number of amides is 3. The molecule has 2 aliphatic heterocycles. The lowest BCUT2D eigenvalue weighted by atomic mass is 9.92. The van der Waals surface area contributed by atoms with Gasteiger partial charge in [0, 0.05) is 31.7 Å². The molecular weight excluding hydrogens is 508 g/mol. The number of ether oxygens (including phenoxy) is 2. The number of carbonyl (C=O) groups excluding carboxylic acids is 2. The maximum atomic E-state index is 13.4. The smallest absolute Gasteiger partial charge is 0.325 e.